The van der Waals surface area contributed by atoms with Gasteiger partial charge in [0.15, 0.2) is 0 Å². The smallest absolute Gasteiger partial charge is 0.131 e. The van der Waals surface area contributed by atoms with Gasteiger partial charge < -0.3 is 5.11 Å². The highest BCUT2D eigenvalue weighted by molar-refractivity contribution is 5.69. The van der Waals surface area contributed by atoms with Gasteiger partial charge in [-0.3, -0.25) is 4.98 Å². The number of aromatic nitrogens is 1. The third kappa shape index (κ3) is 5.98. The molecule has 1 heterocycles. The Labute approximate surface area is 178 Å². The standard InChI is InChI=1S/C27H28FNO/c1-3-7-21-10-16-25(26(28)18-21)23-12-14-24(15-13-23)27-17-11-22(19-29-27)9-6-4-5-8-20(2)30/h3,6,9-20,30H,1,4-5,7-8H2,2H3. The summed E-state index contributed by atoms with van der Waals surface area (Å²) in [6, 6.07) is 17.2. The van der Waals surface area contributed by atoms with Gasteiger partial charge in [-0.2, -0.15) is 0 Å². The Morgan fingerprint density at radius 1 is 1.07 bits per heavy atom. The summed E-state index contributed by atoms with van der Waals surface area (Å²) in [5.74, 6) is -0.218. The molecule has 2 aromatic carbocycles. The number of allylic oxidation sites excluding steroid dienone is 2. The minimum absolute atomic E-state index is 0.218. The average Bonchev–Trinajstić information content (AvgIpc) is 2.74. The molecule has 0 aliphatic heterocycles. The quantitative estimate of drug-likeness (QED) is 0.314. The first kappa shape index (κ1) is 21.7. The van der Waals surface area contributed by atoms with Gasteiger partial charge in [-0.1, -0.05) is 60.7 Å². The molecule has 3 heteroatoms. The molecular formula is C27H28FNO. The van der Waals surface area contributed by atoms with Crippen LogP contribution in [0.3, 0.4) is 0 Å². The van der Waals surface area contributed by atoms with E-state index in [0.29, 0.717) is 12.0 Å². The Bertz CT molecular complexity index is 988. The Kier molecular flexibility index (Phi) is 7.69. The van der Waals surface area contributed by atoms with Crippen LogP contribution in [0, 0.1) is 5.82 Å². The lowest BCUT2D eigenvalue weighted by Gasteiger charge is -2.07. The maximum atomic E-state index is 14.5. The average molecular weight is 402 g/mol. The molecule has 0 aliphatic rings. The van der Waals surface area contributed by atoms with Crippen molar-refractivity contribution in [1.29, 1.82) is 0 Å². The number of aliphatic hydroxyl groups excluding tert-OH is 1. The van der Waals surface area contributed by atoms with Crippen LogP contribution in [0.25, 0.3) is 28.5 Å². The molecule has 30 heavy (non-hydrogen) atoms. The van der Waals surface area contributed by atoms with Gasteiger partial charge in [0, 0.05) is 17.3 Å². The van der Waals surface area contributed by atoms with Crippen LogP contribution in [0.5, 0.6) is 0 Å². The fraction of sp³-hybridized carbons (Fsp3) is 0.222. The zero-order valence-corrected chi connectivity index (χ0v) is 17.4. The van der Waals surface area contributed by atoms with E-state index >= 15 is 0 Å². The van der Waals surface area contributed by atoms with E-state index in [1.54, 1.807) is 12.1 Å². The number of unbranched alkanes of at least 4 members (excludes halogenated alkanes) is 1. The van der Waals surface area contributed by atoms with Gasteiger partial charge in [0.2, 0.25) is 0 Å². The van der Waals surface area contributed by atoms with Crippen molar-refractivity contribution in [2.24, 2.45) is 0 Å². The summed E-state index contributed by atoms with van der Waals surface area (Å²) in [6.45, 7) is 5.51. The van der Waals surface area contributed by atoms with Crippen LogP contribution >= 0.6 is 0 Å². The van der Waals surface area contributed by atoms with E-state index in [0.717, 1.165) is 47.2 Å². The largest absolute Gasteiger partial charge is 0.393 e. The minimum atomic E-state index is -0.237. The molecular weight excluding hydrogens is 373 g/mol. The molecule has 154 valence electrons. The maximum Gasteiger partial charge on any atom is 0.131 e. The first-order chi connectivity index (χ1) is 14.6. The minimum Gasteiger partial charge on any atom is -0.393 e. The summed E-state index contributed by atoms with van der Waals surface area (Å²) >= 11 is 0. The van der Waals surface area contributed by atoms with Crippen LogP contribution in [-0.2, 0) is 6.42 Å². The molecule has 0 amide bonds. The van der Waals surface area contributed by atoms with E-state index in [1.807, 2.05) is 61.7 Å². The highest BCUT2D eigenvalue weighted by atomic mass is 19.1. The number of hydrogen-bond donors (Lipinski definition) is 1. The zero-order chi connectivity index (χ0) is 21.3. The lowest BCUT2D eigenvalue weighted by atomic mass is 10.00. The molecule has 0 saturated carbocycles. The summed E-state index contributed by atoms with van der Waals surface area (Å²) in [5, 5.41) is 9.28. The second kappa shape index (κ2) is 10.7. The Balaban J connectivity index is 1.66. The van der Waals surface area contributed by atoms with E-state index in [9.17, 15) is 9.50 Å². The fourth-order valence-corrected chi connectivity index (χ4v) is 3.33. The summed E-state index contributed by atoms with van der Waals surface area (Å²) < 4.78 is 14.5. The zero-order valence-electron chi connectivity index (χ0n) is 17.4. The van der Waals surface area contributed by atoms with Gasteiger partial charge >= 0.3 is 0 Å². The predicted octanol–water partition coefficient (Wildman–Crippen LogP) is 6.85. The van der Waals surface area contributed by atoms with Gasteiger partial charge in [-0.25, -0.2) is 4.39 Å². The molecule has 0 fully saturated rings. The summed E-state index contributed by atoms with van der Waals surface area (Å²) in [5.41, 5.74) is 5.29. The molecule has 1 N–H and O–H groups in total. The van der Waals surface area contributed by atoms with Crippen molar-refractivity contribution < 1.29 is 9.50 Å². The molecule has 1 atom stereocenters. The molecule has 1 aromatic heterocycles. The number of benzene rings is 2. The predicted molar refractivity (Wildman–Crippen MR) is 124 cm³/mol. The van der Waals surface area contributed by atoms with Crippen molar-refractivity contribution in [3.8, 4) is 22.4 Å². The molecule has 0 aliphatic carbocycles. The monoisotopic (exact) mass is 401 g/mol. The van der Waals surface area contributed by atoms with Gasteiger partial charge in [-0.15, -0.1) is 6.58 Å². The van der Waals surface area contributed by atoms with Gasteiger partial charge in [0.1, 0.15) is 5.82 Å². The summed E-state index contributed by atoms with van der Waals surface area (Å²) in [4.78, 5) is 4.55. The van der Waals surface area contributed by atoms with Crippen molar-refractivity contribution in [1.82, 2.24) is 4.98 Å². The molecule has 0 spiro atoms. The normalized spacial score (nSPS) is 12.2. The number of rotatable bonds is 9. The lowest BCUT2D eigenvalue weighted by molar-refractivity contribution is 0.182. The fourth-order valence-electron chi connectivity index (χ4n) is 3.33. The Hall–Kier alpha value is -3.04. The second-order valence-electron chi connectivity index (χ2n) is 7.54. The topological polar surface area (TPSA) is 33.1 Å². The Morgan fingerprint density at radius 3 is 2.47 bits per heavy atom. The van der Waals surface area contributed by atoms with Crippen molar-refractivity contribution in [2.75, 3.05) is 0 Å². The van der Waals surface area contributed by atoms with Crippen molar-refractivity contribution in [3.63, 3.8) is 0 Å². The van der Waals surface area contributed by atoms with Crippen LogP contribution in [0.1, 0.15) is 37.3 Å². The van der Waals surface area contributed by atoms with Crippen LogP contribution in [0.2, 0.25) is 0 Å². The van der Waals surface area contributed by atoms with E-state index in [4.69, 9.17) is 0 Å². The first-order valence-corrected chi connectivity index (χ1v) is 10.4. The van der Waals surface area contributed by atoms with E-state index < -0.39 is 0 Å². The molecule has 3 aromatic rings. The highest BCUT2D eigenvalue weighted by Gasteiger charge is 2.07. The molecule has 0 saturated heterocycles. The third-order valence-corrected chi connectivity index (χ3v) is 4.99. The second-order valence-corrected chi connectivity index (χ2v) is 7.54. The third-order valence-electron chi connectivity index (χ3n) is 4.99. The number of aliphatic hydroxyl groups is 1. The van der Waals surface area contributed by atoms with E-state index in [2.05, 4.69) is 23.7 Å². The van der Waals surface area contributed by atoms with Crippen molar-refractivity contribution in [3.05, 3.63) is 96.5 Å². The number of halogens is 1. The van der Waals surface area contributed by atoms with E-state index in [1.165, 1.54) is 0 Å². The van der Waals surface area contributed by atoms with Crippen LogP contribution in [-0.4, -0.2) is 16.2 Å². The molecule has 3 rings (SSSR count). The number of pyridine rings is 1. The van der Waals surface area contributed by atoms with Gasteiger partial charge in [0.25, 0.3) is 0 Å². The van der Waals surface area contributed by atoms with Crippen molar-refractivity contribution >= 4 is 6.08 Å². The van der Waals surface area contributed by atoms with Crippen LogP contribution in [0.4, 0.5) is 4.39 Å². The SMILES string of the molecule is C=CCc1ccc(-c2ccc(-c3ccc(C=CCCCC(C)O)cn3)cc2)c(F)c1. The Morgan fingerprint density at radius 2 is 1.83 bits per heavy atom. The van der Waals surface area contributed by atoms with Crippen molar-refractivity contribution in [2.45, 2.75) is 38.7 Å². The molecule has 2 nitrogen and oxygen atoms in total. The van der Waals surface area contributed by atoms with Crippen LogP contribution in [0.15, 0.2) is 79.5 Å². The molecule has 0 radical (unpaired) electrons. The molecule has 1 unspecified atom stereocenters. The first-order valence-electron chi connectivity index (χ1n) is 10.4. The van der Waals surface area contributed by atoms with Crippen LogP contribution < -0.4 is 0 Å². The number of nitrogens with zero attached hydrogens (tertiary/aromatic N) is 1. The molecule has 0 bridgehead atoms. The summed E-state index contributed by atoms with van der Waals surface area (Å²) in [6.07, 6.45) is 11.0. The summed E-state index contributed by atoms with van der Waals surface area (Å²) in [7, 11) is 0. The van der Waals surface area contributed by atoms with E-state index in [-0.39, 0.29) is 11.9 Å². The lowest BCUT2D eigenvalue weighted by Crippen LogP contribution is -1.97. The number of hydrogen-bond acceptors (Lipinski definition) is 2. The maximum absolute atomic E-state index is 14.5. The van der Waals surface area contributed by atoms with Gasteiger partial charge in [-0.05, 0) is 61.4 Å². The highest BCUT2D eigenvalue weighted by Crippen LogP contribution is 2.27. The van der Waals surface area contributed by atoms with Gasteiger partial charge in [0.05, 0.1) is 11.8 Å².